The highest BCUT2D eigenvalue weighted by molar-refractivity contribution is 5.85. The maximum Gasteiger partial charge on any atom is 0.304 e. The van der Waals surface area contributed by atoms with Crippen LogP contribution in [0.5, 0.6) is 0 Å². The van der Waals surface area contributed by atoms with E-state index in [0.717, 1.165) is 44.1 Å². The van der Waals surface area contributed by atoms with E-state index in [-0.39, 0.29) is 18.8 Å². The Bertz CT molecular complexity index is 590. The second-order valence-corrected chi connectivity index (χ2v) is 5.46. The van der Waals surface area contributed by atoms with Gasteiger partial charge in [0.1, 0.15) is 5.65 Å². The highest BCUT2D eigenvalue weighted by Gasteiger charge is 2.18. The highest BCUT2D eigenvalue weighted by atomic mass is 35.5. The molecular weight excluding hydrogens is 304 g/mol. The Kier molecular flexibility index (Phi) is 5.76. The molecule has 1 saturated heterocycles. The first kappa shape index (κ1) is 16.7. The van der Waals surface area contributed by atoms with Gasteiger partial charge in [0.2, 0.25) is 0 Å². The third-order valence-electron chi connectivity index (χ3n) is 3.91. The zero-order chi connectivity index (χ0) is 14.7. The molecule has 0 amide bonds. The van der Waals surface area contributed by atoms with Gasteiger partial charge in [-0.2, -0.15) is 0 Å². The Morgan fingerprint density at radius 3 is 2.59 bits per heavy atom. The minimum atomic E-state index is -0.720. The number of nitrogens with zero attached hydrogens (tertiary/aromatic N) is 4. The Morgan fingerprint density at radius 1 is 1.18 bits per heavy atom. The lowest BCUT2D eigenvalue weighted by Crippen LogP contribution is -2.46. The van der Waals surface area contributed by atoms with Crippen molar-refractivity contribution in [2.75, 3.05) is 32.7 Å². The van der Waals surface area contributed by atoms with Gasteiger partial charge in [-0.3, -0.25) is 9.69 Å². The van der Waals surface area contributed by atoms with E-state index in [2.05, 4.69) is 21.0 Å². The van der Waals surface area contributed by atoms with Crippen LogP contribution in [-0.4, -0.2) is 63.0 Å². The van der Waals surface area contributed by atoms with Crippen LogP contribution in [0.3, 0.4) is 0 Å². The summed E-state index contributed by atoms with van der Waals surface area (Å²) in [4.78, 5) is 19.8. The van der Waals surface area contributed by atoms with Crippen LogP contribution in [-0.2, 0) is 11.3 Å². The number of rotatable bonds is 5. The fourth-order valence-electron chi connectivity index (χ4n) is 2.72. The number of carbonyl (C=O) groups is 1. The topological polar surface area (TPSA) is 61.1 Å². The third kappa shape index (κ3) is 4.19. The molecule has 2 aromatic heterocycles. The van der Waals surface area contributed by atoms with E-state index >= 15 is 0 Å². The summed E-state index contributed by atoms with van der Waals surface area (Å²) in [6.07, 6.45) is 4.31. The smallest absolute Gasteiger partial charge is 0.304 e. The van der Waals surface area contributed by atoms with Gasteiger partial charge in [0, 0.05) is 51.7 Å². The van der Waals surface area contributed by atoms with Crippen molar-refractivity contribution in [2.24, 2.45) is 0 Å². The van der Waals surface area contributed by atoms with Gasteiger partial charge in [-0.25, -0.2) is 4.98 Å². The number of aromatic nitrogens is 2. The highest BCUT2D eigenvalue weighted by Crippen LogP contribution is 2.10. The third-order valence-corrected chi connectivity index (χ3v) is 3.91. The van der Waals surface area contributed by atoms with Crippen LogP contribution in [0.2, 0.25) is 0 Å². The maximum absolute atomic E-state index is 10.6. The summed E-state index contributed by atoms with van der Waals surface area (Å²) in [5, 5.41) is 8.71. The normalized spacial score (nSPS) is 16.5. The van der Waals surface area contributed by atoms with Crippen molar-refractivity contribution in [3.63, 3.8) is 0 Å². The predicted molar refractivity (Wildman–Crippen MR) is 86.4 cm³/mol. The number of fused-ring (bicyclic) bond motifs is 1. The molecule has 0 aliphatic carbocycles. The van der Waals surface area contributed by atoms with Gasteiger partial charge in [0.15, 0.2) is 0 Å². The molecule has 1 aliphatic rings. The van der Waals surface area contributed by atoms with Crippen LogP contribution in [0.25, 0.3) is 5.65 Å². The van der Waals surface area contributed by atoms with Crippen LogP contribution in [0, 0.1) is 0 Å². The van der Waals surface area contributed by atoms with Crippen molar-refractivity contribution in [3.05, 3.63) is 36.3 Å². The summed E-state index contributed by atoms with van der Waals surface area (Å²) in [7, 11) is 0. The number of carboxylic acid groups (broad SMARTS) is 1. The second-order valence-electron chi connectivity index (χ2n) is 5.46. The van der Waals surface area contributed by atoms with E-state index < -0.39 is 5.97 Å². The summed E-state index contributed by atoms with van der Waals surface area (Å²) in [5.74, 6) is -0.720. The van der Waals surface area contributed by atoms with Gasteiger partial charge in [-0.1, -0.05) is 6.07 Å². The van der Waals surface area contributed by atoms with E-state index in [1.165, 1.54) is 0 Å². The number of imidazole rings is 1. The summed E-state index contributed by atoms with van der Waals surface area (Å²) < 4.78 is 2.04. The molecule has 0 bridgehead atoms. The number of aliphatic carboxylic acids is 1. The number of pyridine rings is 1. The molecule has 6 nitrogen and oxygen atoms in total. The number of halogens is 1. The van der Waals surface area contributed by atoms with Gasteiger partial charge in [0.05, 0.1) is 12.1 Å². The molecule has 1 aliphatic heterocycles. The first-order valence-corrected chi connectivity index (χ1v) is 7.30. The van der Waals surface area contributed by atoms with Crippen LogP contribution in [0.1, 0.15) is 12.1 Å². The van der Waals surface area contributed by atoms with Crippen LogP contribution in [0.4, 0.5) is 0 Å². The lowest BCUT2D eigenvalue weighted by molar-refractivity contribution is -0.137. The van der Waals surface area contributed by atoms with E-state index in [0.29, 0.717) is 6.54 Å². The lowest BCUT2D eigenvalue weighted by atomic mass is 10.2. The van der Waals surface area contributed by atoms with Crippen molar-refractivity contribution in [1.29, 1.82) is 0 Å². The summed E-state index contributed by atoms with van der Waals surface area (Å²) >= 11 is 0. The van der Waals surface area contributed by atoms with E-state index in [4.69, 9.17) is 5.11 Å². The molecule has 7 heteroatoms. The van der Waals surface area contributed by atoms with Crippen LogP contribution in [0.15, 0.2) is 30.6 Å². The molecule has 1 fully saturated rings. The summed E-state index contributed by atoms with van der Waals surface area (Å²) in [5.41, 5.74) is 2.06. The molecular formula is C15H21ClN4O2. The largest absolute Gasteiger partial charge is 0.481 e. The molecule has 1 N–H and O–H groups in total. The second kappa shape index (κ2) is 7.58. The first-order valence-electron chi connectivity index (χ1n) is 7.30. The van der Waals surface area contributed by atoms with Gasteiger partial charge >= 0.3 is 5.97 Å². The first-order chi connectivity index (χ1) is 10.2. The number of hydrogen-bond donors (Lipinski definition) is 1. The Morgan fingerprint density at radius 2 is 1.91 bits per heavy atom. The lowest BCUT2D eigenvalue weighted by Gasteiger charge is -2.33. The Hall–Kier alpha value is -1.63. The van der Waals surface area contributed by atoms with Crippen molar-refractivity contribution < 1.29 is 9.90 Å². The number of hydrogen-bond acceptors (Lipinski definition) is 4. The molecule has 0 spiro atoms. The Balaban J connectivity index is 0.00000176. The zero-order valence-electron chi connectivity index (χ0n) is 12.4. The summed E-state index contributed by atoms with van der Waals surface area (Å²) in [6, 6.07) is 6.00. The van der Waals surface area contributed by atoms with Crippen molar-refractivity contribution >= 4 is 24.0 Å². The van der Waals surface area contributed by atoms with Crippen LogP contribution < -0.4 is 0 Å². The number of piperazine rings is 1. The summed E-state index contributed by atoms with van der Waals surface area (Å²) in [6.45, 7) is 5.30. The predicted octanol–water partition coefficient (Wildman–Crippen LogP) is 1.35. The monoisotopic (exact) mass is 324 g/mol. The number of carboxylic acids is 1. The average molecular weight is 325 g/mol. The Labute approximate surface area is 135 Å². The van der Waals surface area contributed by atoms with E-state index in [9.17, 15) is 4.79 Å². The van der Waals surface area contributed by atoms with Gasteiger partial charge in [0.25, 0.3) is 0 Å². The fraction of sp³-hybridized carbons (Fsp3) is 0.467. The molecule has 120 valence electrons. The molecule has 22 heavy (non-hydrogen) atoms. The molecule has 0 radical (unpaired) electrons. The molecule has 2 aromatic rings. The quantitative estimate of drug-likeness (QED) is 0.899. The molecule has 3 rings (SSSR count). The van der Waals surface area contributed by atoms with Crippen LogP contribution >= 0.6 is 12.4 Å². The fourth-order valence-corrected chi connectivity index (χ4v) is 2.72. The standard InChI is InChI=1S/C15H20N4O2.ClH/c20-15(21)4-6-17-7-9-18(10-8-17)11-13-12-19-5-2-1-3-14(19)16-13;/h1-3,5,12H,4,6-11H2,(H,20,21);1H. The maximum atomic E-state index is 10.6. The zero-order valence-corrected chi connectivity index (χ0v) is 13.2. The molecule has 0 saturated carbocycles. The van der Waals surface area contributed by atoms with Gasteiger partial charge in [-0.05, 0) is 12.1 Å². The molecule has 0 aromatic carbocycles. The van der Waals surface area contributed by atoms with Crippen molar-refractivity contribution in [3.8, 4) is 0 Å². The molecule has 0 atom stereocenters. The van der Waals surface area contributed by atoms with E-state index in [1.54, 1.807) is 0 Å². The van der Waals surface area contributed by atoms with Crippen molar-refractivity contribution in [1.82, 2.24) is 19.2 Å². The minimum Gasteiger partial charge on any atom is -0.481 e. The van der Waals surface area contributed by atoms with Gasteiger partial charge in [-0.15, -0.1) is 12.4 Å². The SMILES string of the molecule is Cl.O=C(O)CCN1CCN(Cc2cn3ccccc3n2)CC1. The molecule has 0 unspecified atom stereocenters. The minimum absolute atomic E-state index is 0. The van der Waals surface area contributed by atoms with E-state index in [1.807, 2.05) is 28.8 Å². The molecule has 3 heterocycles. The average Bonchev–Trinajstić information content (AvgIpc) is 2.88. The van der Waals surface area contributed by atoms with Crippen molar-refractivity contribution in [2.45, 2.75) is 13.0 Å². The van der Waals surface area contributed by atoms with Gasteiger partial charge < -0.3 is 14.4 Å².